The molecule has 0 N–H and O–H groups in total. The van der Waals surface area contributed by atoms with Crippen LogP contribution < -0.4 is 4.90 Å². The van der Waals surface area contributed by atoms with Crippen molar-refractivity contribution in [1.29, 1.82) is 0 Å². The number of hydrogen-bond donors (Lipinski definition) is 0. The highest BCUT2D eigenvalue weighted by Crippen LogP contribution is 2.33. The molecule has 0 unspecified atom stereocenters. The second-order valence-electron chi connectivity index (χ2n) is 6.29. The minimum Gasteiger partial charge on any atom is -0.342 e. The Labute approximate surface area is 132 Å². The van der Waals surface area contributed by atoms with Gasteiger partial charge < -0.3 is 9.80 Å². The van der Waals surface area contributed by atoms with Crippen LogP contribution in [0.4, 0.5) is 5.69 Å². The van der Waals surface area contributed by atoms with Crippen LogP contribution in [-0.2, 0) is 9.59 Å². The Balaban J connectivity index is 1.60. The molecule has 0 spiro atoms. The summed E-state index contributed by atoms with van der Waals surface area (Å²) in [5.74, 6) is 0.834. The molecular formula is C18H24N2O2. The van der Waals surface area contributed by atoms with Crippen molar-refractivity contribution >= 4 is 17.5 Å². The predicted octanol–water partition coefficient (Wildman–Crippen LogP) is 2.69. The Morgan fingerprint density at radius 2 is 1.68 bits per heavy atom. The number of benzene rings is 1. The second kappa shape index (κ2) is 6.51. The van der Waals surface area contributed by atoms with Gasteiger partial charge in [-0.2, -0.15) is 0 Å². The second-order valence-corrected chi connectivity index (χ2v) is 6.29. The molecule has 2 fully saturated rings. The standard InChI is InChI=1S/C18H24N2O2/c1-2-20(16-6-4-3-5-7-16)18(22)15-10-12-19(13-11-15)17(21)14-8-9-14/h3-7,14-15H,2,8-13H2,1H3. The van der Waals surface area contributed by atoms with Crippen LogP contribution in [0.1, 0.15) is 32.6 Å². The first-order chi connectivity index (χ1) is 10.7. The van der Waals surface area contributed by atoms with Gasteiger partial charge in [-0.15, -0.1) is 0 Å². The summed E-state index contributed by atoms with van der Waals surface area (Å²) in [5, 5.41) is 0. The number of carbonyl (C=O) groups is 2. The van der Waals surface area contributed by atoms with Crippen molar-refractivity contribution in [3.8, 4) is 0 Å². The summed E-state index contributed by atoms with van der Waals surface area (Å²) in [4.78, 5) is 28.7. The first-order valence-electron chi connectivity index (χ1n) is 8.36. The van der Waals surface area contributed by atoms with E-state index in [1.54, 1.807) is 0 Å². The zero-order chi connectivity index (χ0) is 15.5. The van der Waals surface area contributed by atoms with E-state index in [2.05, 4.69) is 0 Å². The molecule has 4 heteroatoms. The number of hydrogen-bond acceptors (Lipinski definition) is 2. The van der Waals surface area contributed by atoms with E-state index in [-0.39, 0.29) is 17.7 Å². The van der Waals surface area contributed by atoms with Gasteiger partial charge in [-0.3, -0.25) is 9.59 Å². The molecule has 3 rings (SSSR count). The zero-order valence-electron chi connectivity index (χ0n) is 13.2. The van der Waals surface area contributed by atoms with Crippen LogP contribution in [0.5, 0.6) is 0 Å². The number of amides is 2. The molecule has 4 nitrogen and oxygen atoms in total. The van der Waals surface area contributed by atoms with Gasteiger partial charge in [0.25, 0.3) is 0 Å². The lowest BCUT2D eigenvalue weighted by atomic mass is 9.94. The number of rotatable bonds is 4. The molecule has 2 amide bonds. The molecule has 1 aliphatic carbocycles. The summed E-state index contributed by atoms with van der Waals surface area (Å²) >= 11 is 0. The van der Waals surface area contributed by atoms with Crippen LogP contribution in [-0.4, -0.2) is 36.3 Å². The lowest BCUT2D eigenvalue weighted by molar-refractivity contribution is -0.136. The molecule has 1 aromatic carbocycles. The first-order valence-corrected chi connectivity index (χ1v) is 8.36. The topological polar surface area (TPSA) is 40.6 Å². The van der Waals surface area contributed by atoms with E-state index in [9.17, 15) is 9.59 Å². The molecule has 1 aliphatic heterocycles. The monoisotopic (exact) mass is 300 g/mol. The summed E-state index contributed by atoms with van der Waals surface area (Å²) < 4.78 is 0. The highest BCUT2D eigenvalue weighted by molar-refractivity contribution is 5.95. The fourth-order valence-corrected chi connectivity index (χ4v) is 3.23. The lowest BCUT2D eigenvalue weighted by Crippen LogP contribution is -2.45. The van der Waals surface area contributed by atoms with Gasteiger partial charge in [0, 0.05) is 37.2 Å². The van der Waals surface area contributed by atoms with Crippen LogP contribution in [0.15, 0.2) is 30.3 Å². The van der Waals surface area contributed by atoms with Crippen LogP contribution in [0.3, 0.4) is 0 Å². The average Bonchev–Trinajstić information content (AvgIpc) is 3.41. The molecular weight excluding hydrogens is 276 g/mol. The van der Waals surface area contributed by atoms with Gasteiger partial charge in [0.05, 0.1) is 0 Å². The Hall–Kier alpha value is -1.84. The summed E-state index contributed by atoms with van der Waals surface area (Å²) in [7, 11) is 0. The third-order valence-electron chi connectivity index (χ3n) is 4.73. The Kier molecular flexibility index (Phi) is 4.46. The number of piperidine rings is 1. The van der Waals surface area contributed by atoms with Crippen LogP contribution in [0, 0.1) is 11.8 Å². The van der Waals surface area contributed by atoms with E-state index in [1.807, 2.05) is 47.1 Å². The van der Waals surface area contributed by atoms with Crippen LogP contribution in [0.2, 0.25) is 0 Å². The average molecular weight is 300 g/mol. The lowest BCUT2D eigenvalue weighted by Gasteiger charge is -2.34. The molecule has 1 saturated carbocycles. The van der Waals surface area contributed by atoms with Crippen LogP contribution >= 0.6 is 0 Å². The van der Waals surface area contributed by atoms with Crippen molar-refractivity contribution in [1.82, 2.24) is 4.90 Å². The third-order valence-corrected chi connectivity index (χ3v) is 4.73. The summed E-state index contributed by atoms with van der Waals surface area (Å²) in [6, 6.07) is 9.84. The predicted molar refractivity (Wildman–Crippen MR) is 86.5 cm³/mol. The smallest absolute Gasteiger partial charge is 0.230 e. The quantitative estimate of drug-likeness (QED) is 0.858. The zero-order valence-corrected chi connectivity index (χ0v) is 13.2. The molecule has 0 aromatic heterocycles. The molecule has 1 saturated heterocycles. The fraction of sp³-hybridized carbons (Fsp3) is 0.556. The van der Waals surface area contributed by atoms with Gasteiger partial charge in [0.15, 0.2) is 0 Å². The van der Waals surface area contributed by atoms with Gasteiger partial charge in [-0.25, -0.2) is 0 Å². The number of para-hydroxylation sites is 1. The molecule has 0 atom stereocenters. The van der Waals surface area contributed by atoms with E-state index in [4.69, 9.17) is 0 Å². The van der Waals surface area contributed by atoms with E-state index >= 15 is 0 Å². The highest BCUT2D eigenvalue weighted by atomic mass is 16.2. The number of carbonyl (C=O) groups excluding carboxylic acids is 2. The van der Waals surface area contributed by atoms with Gasteiger partial charge in [-0.05, 0) is 44.7 Å². The number of anilines is 1. The molecule has 22 heavy (non-hydrogen) atoms. The molecule has 118 valence electrons. The Bertz CT molecular complexity index is 531. The largest absolute Gasteiger partial charge is 0.342 e. The Morgan fingerprint density at radius 3 is 2.23 bits per heavy atom. The maximum atomic E-state index is 12.8. The maximum absolute atomic E-state index is 12.8. The van der Waals surface area contributed by atoms with Crippen molar-refractivity contribution in [3.05, 3.63) is 30.3 Å². The van der Waals surface area contributed by atoms with Crippen molar-refractivity contribution in [3.63, 3.8) is 0 Å². The Morgan fingerprint density at radius 1 is 1.05 bits per heavy atom. The summed E-state index contributed by atoms with van der Waals surface area (Å²) in [5.41, 5.74) is 0.964. The fourth-order valence-electron chi connectivity index (χ4n) is 3.23. The molecule has 0 bridgehead atoms. The minimum atomic E-state index is 0.0448. The summed E-state index contributed by atoms with van der Waals surface area (Å²) in [6.45, 7) is 4.16. The molecule has 1 heterocycles. The van der Waals surface area contributed by atoms with Gasteiger partial charge in [0.2, 0.25) is 11.8 Å². The molecule has 2 aliphatic rings. The van der Waals surface area contributed by atoms with E-state index in [0.717, 1.165) is 44.5 Å². The van der Waals surface area contributed by atoms with E-state index in [1.165, 1.54) is 0 Å². The van der Waals surface area contributed by atoms with E-state index < -0.39 is 0 Å². The normalized spacial score (nSPS) is 19.0. The van der Waals surface area contributed by atoms with Crippen molar-refractivity contribution < 1.29 is 9.59 Å². The SMILES string of the molecule is CCN(C(=O)C1CCN(C(=O)C2CC2)CC1)c1ccccc1. The number of likely N-dealkylation sites (tertiary alicyclic amines) is 1. The van der Waals surface area contributed by atoms with Gasteiger partial charge >= 0.3 is 0 Å². The highest BCUT2D eigenvalue weighted by Gasteiger charge is 2.36. The summed E-state index contributed by atoms with van der Waals surface area (Å²) in [6.07, 6.45) is 3.69. The van der Waals surface area contributed by atoms with Crippen molar-refractivity contribution in [2.45, 2.75) is 32.6 Å². The van der Waals surface area contributed by atoms with Crippen molar-refractivity contribution in [2.75, 3.05) is 24.5 Å². The van der Waals surface area contributed by atoms with Crippen molar-refractivity contribution in [2.24, 2.45) is 11.8 Å². The third kappa shape index (κ3) is 3.16. The number of nitrogens with zero attached hydrogens (tertiary/aromatic N) is 2. The molecule has 1 aromatic rings. The first kappa shape index (κ1) is 15.1. The van der Waals surface area contributed by atoms with Gasteiger partial charge in [0.1, 0.15) is 0 Å². The maximum Gasteiger partial charge on any atom is 0.230 e. The van der Waals surface area contributed by atoms with E-state index in [0.29, 0.717) is 12.5 Å². The minimum absolute atomic E-state index is 0.0448. The van der Waals surface area contributed by atoms with Gasteiger partial charge in [-0.1, -0.05) is 18.2 Å². The van der Waals surface area contributed by atoms with Crippen LogP contribution in [0.25, 0.3) is 0 Å². The molecule has 0 radical (unpaired) electrons.